The Bertz CT molecular complexity index is 802. The van der Waals surface area contributed by atoms with Crippen LogP contribution in [-0.4, -0.2) is 63.1 Å². The SMILES string of the molecule is CC12CCCCC[C@@H](Cc3ccc(O[C@@H]4O[C@@H](C(=O)O)[C@@H](O)[C@H](O)[C@H]4O)cc31)[C@@H]2N. The third-order valence-electron chi connectivity index (χ3n) is 7.26. The molecule has 1 aromatic carbocycles. The van der Waals surface area contributed by atoms with Crippen molar-refractivity contribution in [2.24, 2.45) is 11.7 Å². The molecule has 1 saturated heterocycles. The Morgan fingerprint density at radius 2 is 1.93 bits per heavy atom. The van der Waals surface area contributed by atoms with Crippen LogP contribution in [0.2, 0.25) is 0 Å². The van der Waals surface area contributed by atoms with E-state index in [-0.39, 0.29) is 11.5 Å². The number of aliphatic hydroxyl groups is 3. The van der Waals surface area contributed by atoms with Gasteiger partial charge in [0.25, 0.3) is 0 Å². The number of benzene rings is 1. The van der Waals surface area contributed by atoms with Gasteiger partial charge in [-0.1, -0.05) is 32.3 Å². The summed E-state index contributed by atoms with van der Waals surface area (Å²) in [4.78, 5) is 11.3. The van der Waals surface area contributed by atoms with E-state index in [4.69, 9.17) is 15.2 Å². The third kappa shape index (κ3) is 3.61. The topological polar surface area (TPSA) is 142 Å². The zero-order valence-electron chi connectivity index (χ0n) is 17.1. The molecule has 2 fully saturated rings. The number of ether oxygens (including phenoxy) is 2. The van der Waals surface area contributed by atoms with Gasteiger partial charge in [0.05, 0.1) is 0 Å². The van der Waals surface area contributed by atoms with Crippen LogP contribution in [0.15, 0.2) is 18.2 Å². The Kier molecular flexibility index (Phi) is 5.80. The summed E-state index contributed by atoms with van der Waals surface area (Å²) in [6.07, 6.45) is -1.59. The summed E-state index contributed by atoms with van der Waals surface area (Å²) in [6.45, 7) is 2.20. The molecule has 1 saturated carbocycles. The molecular weight excluding hydrogens is 390 g/mol. The molecule has 0 radical (unpaired) electrons. The lowest BCUT2D eigenvalue weighted by atomic mass is 9.60. The molecule has 2 bridgehead atoms. The average Bonchev–Trinajstić information content (AvgIpc) is 2.71. The minimum absolute atomic E-state index is 0.0467. The van der Waals surface area contributed by atoms with E-state index >= 15 is 0 Å². The van der Waals surface area contributed by atoms with Gasteiger partial charge in [-0.05, 0) is 48.4 Å². The van der Waals surface area contributed by atoms with Crippen LogP contribution in [0.4, 0.5) is 0 Å². The van der Waals surface area contributed by atoms with Crippen LogP contribution in [-0.2, 0) is 21.4 Å². The second-order valence-electron chi connectivity index (χ2n) is 9.18. The molecule has 0 aromatic heterocycles. The number of aliphatic carboxylic acids is 1. The van der Waals surface area contributed by atoms with Gasteiger partial charge in [0.15, 0.2) is 6.10 Å². The van der Waals surface area contributed by atoms with Crippen molar-refractivity contribution in [2.75, 3.05) is 0 Å². The molecule has 1 unspecified atom stereocenters. The van der Waals surface area contributed by atoms with Gasteiger partial charge in [-0.15, -0.1) is 0 Å². The highest BCUT2D eigenvalue weighted by atomic mass is 16.7. The van der Waals surface area contributed by atoms with Crippen molar-refractivity contribution < 1.29 is 34.7 Å². The predicted octanol–water partition coefficient (Wildman–Crippen LogP) is 0.679. The van der Waals surface area contributed by atoms with Crippen LogP contribution < -0.4 is 10.5 Å². The zero-order valence-corrected chi connectivity index (χ0v) is 17.1. The number of carboxylic acids is 1. The number of hydrogen-bond donors (Lipinski definition) is 5. The summed E-state index contributed by atoms with van der Waals surface area (Å²) in [5, 5.41) is 39.3. The summed E-state index contributed by atoms with van der Waals surface area (Å²) in [5.74, 6) is -0.586. The molecule has 1 aromatic rings. The van der Waals surface area contributed by atoms with E-state index in [1.807, 2.05) is 12.1 Å². The van der Waals surface area contributed by atoms with Crippen molar-refractivity contribution in [3.8, 4) is 5.75 Å². The summed E-state index contributed by atoms with van der Waals surface area (Å²) < 4.78 is 11.0. The number of carbonyl (C=O) groups is 1. The summed E-state index contributed by atoms with van der Waals surface area (Å²) in [5.41, 5.74) is 8.88. The maximum atomic E-state index is 11.3. The van der Waals surface area contributed by atoms with Gasteiger partial charge in [0.2, 0.25) is 6.29 Å². The highest BCUT2D eigenvalue weighted by molar-refractivity contribution is 5.73. The standard InChI is InChI=1S/C22H31NO7/c1-22-8-4-2-3-5-12(19(22)23)9-11-6-7-13(10-14(11)22)29-21-17(26)15(24)16(25)18(30-21)20(27)28/h6-7,10,12,15-19,21,24-26H,2-5,8-9,23H2,1H3,(H,27,28)/t12-,15-,16-,17+,18+,19-,21+,22?/m0/s1. The highest BCUT2D eigenvalue weighted by Gasteiger charge is 2.48. The second-order valence-corrected chi connectivity index (χ2v) is 9.18. The van der Waals surface area contributed by atoms with Gasteiger partial charge in [-0.3, -0.25) is 0 Å². The Morgan fingerprint density at radius 3 is 2.67 bits per heavy atom. The van der Waals surface area contributed by atoms with Gasteiger partial charge in [-0.2, -0.15) is 0 Å². The van der Waals surface area contributed by atoms with Gasteiger partial charge < -0.3 is 35.6 Å². The molecule has 8 nitrogen and oxygen atoms in total. The van der Waals surface area contributed by atoms with Gasteiger partial charge in [0.1, 0.15) is 24.1 Å². The van der Waals surface area contributed by atoms with Crippen molar-refractivity contribution in [3.05, 3.63) is 29.3 Å². The summed E-state index contributed by atoms with van der Waals surface area (Å²) in [7, 11) is 0. The molecule has 0 spiro atoms. The number of hydrogen-bond acceptors (Lipinski definition) is 7. The Hall–Kier alpha value is -1.71. The number of nitrogens with two attached hydrogens (primary N) is 1. The first kappa shape index (κ1) is 21.5. The smallest absolute Gasteiger partial charge is 0.335 e. The van der Waals surface area contributed by atoms with E-state index in [0.717, 1.165) is 31.2 Å². The fourth-order valence-electron chi connectivity index (χ4n) is 5.39. The minimum atomic E-state index is -1.75. The van der Waals surface area contributed by atoms with Crippen LogP contribution in [0.1, 0.15) is 50.2 Å². The van der Waals surface area contributed by atoms with Crippen molar-refractivity contribution >= 4 is 5.97 Å². The lowest BCUT2D eigenvalue weighted by Gasteiger charge is -2.47. The normalized spacial score (nSPS) is 41.3. The number of rotatable bonds is 3. The molecule has 2 aliphatic carbocycles. The summed E-state index contributed by atoms with van der Waals surface area (Å²) >= 11 is 0. The lowest BCUT2D eigenvalue weighted by Crippen LogP contribution is -2.61. The van der Waals surface area contributed by atoms with Crippen molar-refractivity contribution in [2.45, 2.75) is 87.6 Å². The van der Waals surface area contributed by atoms with Crippen LogP contribution >= 0.6 is 0 Å². The molecule has 8 atom stereocenters. The van der Waals surface area contributed by atoms with Crippen molar-refractivity contribution in [1.29, 1.82) is 0 Å². The van der Waals surface area contributed by atoms with Crippen molar-refractivity contribution in [3.63, 3.8) is 0 Å². The summed E-state index contributed by atoms with van der Waals surface area (Å²) in [6, 6.07) is 5.71. The van der Waals surface area contributed by atoms with Crippen LogP contribution in [0.5, 0.6) is 5.75 Å². The highest BCUT2D eigenvalue weighted by Crippen LogP contribution is 2.46. The molecule has 3 aliphatic rings. The minimum Gasteiger partial charge on any atom is -0.479 e. The number of aliphatic hydroxyl groups excluding tert-OH is 3. The molecule has 6 N–H and O–H groups in total. The molecule has 4 rings (SSSR count). The predicted molar refractivity (Wildman–Crippen MR) is 107 cm³/mol. The molecule has 0 amide bonds. The Morgan fingerprint density at radius 1 is 1.17 bits per heavy atom. The molecule has 8 heteroatoms. The van der Waals surface area contributed by atoms with E-state index in [2.05, 4.69) is 6.92 Å². The molecular formula is C22H31NO7. The van der Waals surface area contributed by atoms with Crippen LogP contribution in [0.25, 0.3) is 0 Å². The maximum Gasteiger partial charge on any atom is 0.335 e. The van der Waals surface area contributed by atoms with E-state index < -0.39 is 36.7 Å². The molecule has 1 aliphatic heterocycles. The first-order valence-electron chi connectivity index (χ1n) is 10.7. The van der Waals surface area contributed by atoms with Crippen molar-refractivity contribution in [1.82, 2.24) is 0 Å². The fourth-order valence-corrected chi connectivity index (χ4v) is 5.39. The third-order valence-corrected chi connectivity index (χ3v) is 7.26. The van der Waals surface area contributed by atoms with Gasteiger partial charge in [0, 0.05) is 11.5 Å². The van der Waals surface area contributed by atoms with Crippen LogP contribution in [0, 0.1) is 5.92 Å². The first-order chi connectivity index (χ1) is 14.2. The van der Waals surface area contributed by atoms with E-state index in [1.54, 1.807) is 6.07 Å². The van der Waals surface area contributed by atoms with Gasteiger partial charge >= 0.3 is 5.97 Å². The number of fused-ring (bicyclic) bond motifs is 4. The van der Waals surface area contributed by atoms with E-state index in [1.165, 1.54) is 18.4 Å². The number of carboxylic acid groups (broad SMARTS) is 1. The molecule has 1 heterocycles. The van der Waals surface area contributed by atoms with Gasteiger partial charge in [-0.25, -0.2) is 4.79 Å². The molecule has 166 valence electrons. The molecule has 30 heavy (non-hydrogen) atoms. The zero-order chi connectivity index (χ0) is 21.6. The second kappa shape index (κ2) is 8.09. The Labute approximate surface area is 175 Å². The van der Waals surface area contributed by atoms with E-state index in [0.29, 0.717) is 11.7 Å². The first-order valence-corrected chi connectivity index (χ1v) is 10.7. The average molecular weight is 421 g/mol. The maximum absolute atomic E-state index is 11.3. The Balaban J connectivity index is 1.61. The quantitative estimate of drug-likeness (QED) is 0.480. The van der Waals surface area contributed by atoms with Crippen LogP contribution in [0.3, 0.4) is 0 Å². The monoisotopic (exact) mass is 421 g/mol. The lowest BCUT2D eigenvalue weighted by molar-refractivity contribution is -0.271. The van der Waals surface area contributed by atoms with E-state index in [9.17, 15) is 25.2 Å². The fraction of sp³-hybridized carbons (Fsp3) is 0.682. The largest absolute Gasteiger partial charge is 0.479 e.